The lowest BCUT2D eigenvalue weighted by Gasteiger charge is -2.25. The number of carbonyl (C=O) groups is 3. The van der Waals surface area contributed by atoms with Crippen LogP contribution < -0.4 is 25.4 Å². The highest BCUT2D eigenvalue weighted by molar-refractivity contribution is 5.99. The molecule has 0 saturated carbocycles. The van der Waals surface area contributed by atoms with E-state index in [4.69, 9.17) is 9.47 Å². The van der Waals surface area contributed by atoms with Crippen molar-refractivity contribution in [1.82, 2.24) is 30.9 Å². The summed E-state index contributed by atoms with van der Waals surface area (Å²) >= 11 is 0. The van der Waals surface area contributed by atoms with Crippen LogP contribution in [0.1, 0.15) is 35.0 Å². The van der Waals surface area contributed by atoms with Crippen molar-refractivity contribution in [2.24, 2.45) is 0 Å². The van der Waals surface area contributed by atoms with Crippen molar-refractivity contribution in [3.63, 3.8) is 0 Å². The molecule has 2 aromatic carbocycles. The minimum Gasteiger partial charge on any atom is -0.493 e. The van der Waals surface area contributed by atoms with Gasteiger partial charge in [-0.2, -0.15) is 0 Å². The zero-order valence-corrected chi connectivity index (χ0v) is 21.8. The summed E-state index contributed by atoms with van der Waals surface area (Å²) in [5, 5.41) is 26.6. The van der Waals surface area contributed by atoms with Crippen LogP contribution in [0.2, 0.25) is 0 Å². The van der Waals surface area contributed by atoms with Crippen LogP contribution in [0.25, 0.3) is 0 Å². The maximum atomic E-state index is 13.3. The number of hydrogen-bond acceptors (Lipinski definition) is 8. The number of aryl methyl sites for hydroxylation is 1. The zero-order valence-electron chi connectivity index (χ0n) is 21.8. The van der Waals surface area contributed by atoms with E-state index >= 15 is 0 Å². The van der Waals surface area contributed by atoms with Crippen molar-refractivity contribution < 1.29 is 29.0 Å². The third-order valence-electron chi connectivity index (χ3n) is 6.21. The molecule has 0 aliphatic carbocycles. The molecule has 4 bridgehead atoms. The first-order valence-corrected chi connectivity index (χ1v) is 12.6. The van der Waals surface area contributed by atoms with Gasteiger partial charge in [0.2, 0.25) is 11.8 Å². The van der Waals surface area contributed by atoms with Gasteiger partial charge in [-0.25, -0.2) is 0 Å². The molecule has 4 rings (SSSR count). The number of benzene rings is 2. The number of aromatic nitrogens is 3. The number of methoxy groups -OCH3 is 1. The van der Waals surface area contributed by atoms with Crippen LogP contribution in [-0.2, 0) is 29.1 Å². The fourth-order valence-electron chi connectivity index (χ4n) is 4.12. The Morgan fingerprint density at radius 2 is 1.92 bits per heavy atom. The third kappa shape index (κ3) is 7.32. The van der Waals surface area contributed by atoms with Gasteiger partial charge in [-0.3, -0.25) is 19.1 Å². The van der Waals surface area contributed by atoms with Crippen LogP contribution in [-0.4, -0.2) is 69.7 Å². The molecule has 3 aromatic rings. The van der Waals surface area contributed by atoms with Gasteiger partial charge in [0.25, 0.3) is 5.91 Å². The molecule has 0 spiro atoms. The molecule has 4 N–H and O–H groups in total. The Kier molecular flexibility index (Phi) is 9.10. The molecule has 0 unspecified atom stereocenters. The quantitative estimate of drug-likeness (QED) is 0.378. The van der Waals surface area contributed by atoms with Gasteiger partial charge >= 0.3 is 0 Å². The first kappa shape index (κ1) is 27.6. The molecule has 3 atom stereocenters. The summed E-state index contributed by atoms with van der Waals surface area (Å²) in [7, 11) is 1.50. The van der Waals surface area contributed by atoms with E-state index in [9.17, 15) is 19.5 Å². The van der Waals surface area contributed by atoms with E-state index in [2.05, 4.69) is 26.3 Å². The summed E-state index contributed by atoms with van der Waals surface area (Å²) in [4.78, 5) is 39.5. The lowest BCUT2D eigenvalue weighted by Crippen LogP contribution is -2.57. The molecule has 39 heavy (non-hydrogen) atoms. The van der Waals surface area contributed by atoms with Crippen molar-refractivity contribution in [2.45, 2.75) is 51.0 Å². The highest BCUT2D eigenvalue weighted by Gasteiger charge is 2.30. The number of amides is 3. The SMILES string of the molecule is COc1ccc2cc1OCCCn1cc(nn1)CNC(=O)[C@@H](Cc1ccccc1)NC(=O)[C@H]([C@@H](C)O)NC2=O. The van der Waals surface area contributed by atoms with Crippen LogP contribution >= 0.6 is 0 Å². The molecule has 206 valence electrons. The molecule has 1 aromatic heterocycles. The van der Waals surface area contributed by atoms with Gasteiger partial charge in [-0.05, 0) is 30.7 Å². The second-order valence-electron chi connectivity index (χ2n) is 9.20. The van der Waals surface area contributed by atoms with Crippen LogP contribution in [0.5, 0.6) is 11.5 Å². The Morgan fingerprint density at radius 1 is 1.13 bits per heavy atom. The number of nitrogens with one attached hydrogen (secondary N) is 3. The third-order valence-corrected chi connectivity index (χ3v) is 6.21. The number of carbonyl (C=O) groups excluding carboxylic acids is 3. The van der Waals surface area contributed by atoms with Crippen molar-refractivity contribution in [2.75, 3.05) is 13.7 Å². The van der Waals surface area contributed by atoms with Crippen molar-refractivity contribution in [3.05, 3.63) is 71.5 Å². The highest BCUT2D eigenvalue weighted by Crippen LogP contribution is 2.28. The molecule has 0 radical (unpaired) electrons. The van der Waals surface area contributed by atoms with Crippen LogP contribution in [0.3, 0.4) is 0 Å². The number of aliphatic hydroxyl groups excluding tert-OH is 1. The minimum absolute atomic E-state index is 0.107. The largest absolute Gasteiger partial charge is 0.493 e. The van der Waals surface area contributed by atoms with Gasteiger partial charge in [0.1, 0.15) is 17.8 Å². The maximum Gasteiger partial charge on any atom is 0.252 e. The van der Waals surface area contributed by atoms with Crippen LogP contribution in [0, 0.1) is 0 Å². The second-order valence-corrected chi connectivity index (χ2v) is 9.20. The molecule has 2 heterocycles. The minimum atomic E-state index is -1.32. The first-order valence-electron chi connectivity index (χ1n) is 12.6. The second kappa shape index (κ2) is 12.9. The van der Waals surface area contributed by atoms with Crippen molar-refractivity contribution >= 4 is 17.7 Å². The van der Waals surface area contributed by atoms with E-state index in [-0.39, 0.29) is 18.5 Å². The topological polar surface area (TPSA) is 157 Å². The number of nitrogens with zero attached hydrogens (tertiary/aromatic N) is 3. The summed E-state index contributed by atoms with van der Waals surface area (Å²) in [6.45, 7) is 2.33. The van der Waals surface area contributed by atoms with E-state index in [1.807, 2.05) is 30.3 Å². The number of ether oxygens (including phenoxy) is 2. The molecule has 3 amide bonds. The molecule has 12 heteroatoms. The highest BCUT2D eigenvalue weighted by atomic mass is 16.5. The number of rotatable bonds is 4. The summed E-state index contributed by atoms with van der Waals surface area (Å²) in [5.41, 5.74) is 1.59. The van der Waals surface area contributed by atoms with Gasteiger partial charge in [-0.15, -0.1) is 5.10 Å². The van der Waals surface area contributed by atoms with Gasteiger partial charge < -0.3 is 30.5 Å². The summed E-state index contributed by atoms with van der Waals surface area (Å²) in [6, 6.07) is 11.6. The van der Waals surface area contributed by atoms with Crippen LogP contribution in [0.15, 0.2) is 54.7 Å². The predicted octanol–water partition coefficient (Wildman–Crippen LogP) is 0.592. The Balaban J connectivity index is 1.63. The number of hydrogen-bond donors (Lipinski definition) is 4. The normalized spacial score (nSPS) is 19.7. The molecule has 0 saturated heterocycles. The molecule has 1 aliphatic heterocycles. The molecule has 12 nitrogen and oxygen atoms in total. The van der Waals surface area contributed by atoms with Crippen molar-refractivity contribution in [1.29, 1.82) is 0 Å². The molecular weight excluding hydrogens is 504 g/mol. The van der Waals surface area contributed by atoms with E-state index in [0.29, 0.717) is 36.8 Å². The number of fused-ring (bicyclic) bond motifs is 4. The Bertz CT molecular complexity index is 1290. The average Bonchev–Trinajstić information content (AvgIpc) is 3.39. The molecule has 1 aliphatic rings. The Labute approximate surface area is 225 Å². The predicted molar refractivity (Wildman–Crippen MR) is 140 cm³/mol. The standard InChI is InChI=1S/C27H32N6O6/c1-17(34)24-27(37)29-21(13-18-7-4-3-5-8-18)26(36)28-15-20-16-33(32-31-20)11-6-12-39-23-14-19(25(35)30-24)9-10-22(23)38-2/h3-5,7-10,14,16-17,21,24,34H,6,11-13,15H2,1-2H3,(H,28,36)(H,29,37)(H,30,35)/t17-,21-,24+/m1/s1. The lowest BCUT2D eigenvalue weighted by molar-refractivity contribution is -0.131. The van der Waals surface area contributed by atoms with Crippen LogP contribution in [0.4, 0.5) is 0 Å². The van der Waals surface area contributed by atoms with E-state index in [0.717, 1.165) is 5.56 Å². The molecule has 0 fully saturated rings. The monoisotopic (exact) mass is 536 g/mol. The maximum absolute atomic E-state index is 13.3. The number of aliphatic hydroxyl groups is 1. The lowest BCUT2D eigenvalue weighted by atomic mass is 10.0. The fraction of sp³-hybridized carbons (Fsp3) is 0.370. The van der Waals surface area contributed by atoms with E-state index < -0.39 is 35.9 Å². The molecular formula is C27H32N6O6. The summed E-state index contributed by atoms with van der Waals surface area (Å²) in [6.07, 6.45) is 1.28. The Morgan fingerprint density at radius 3 is 2.67 bits per heavy atom. The van der Waals surface area contributed by atoms with Gasteiger partial charge in [0.05, 0.1) is 32.6 Å². The first-order chi connectivity index (χ1) is 18.8. The van der Waals surface area contributed by atoms with E-state index in [1.165, 1.54) is 26.2 Å². The fourth-order valence-corrected chi connectivity index (χ4v) is 4.12. The van der Waals surface area contributed by atoms with Gasteiger partial charge in [0.15, 0.2) is 11.5 Å². The van der Waals surface area contributed by atoms with E-state index in [1.54, 1.807) is 16.9 Å². The smallest absolute Gasteiger partial charge is 0.252 e. The van der Waals surface area contributed by atoms with Gasteiger partial charge in [0, 0.05) is 24.9 Å². The summed E-state index contributed by atoms with van der Waals surface area (Å²) < 4.78 is 12.9. The van der Waals surface area contributed by atoms with Gasteiger partial charge in [-0.1, -0.05) is 35.5 Å². The summed E-state index contributed by atoms with van der Waals surface area (Å²) in [5.74, 6) is -0.941. The average molecular weight is 537 g/mol. The zero-order chi connectivity index (χ0) is 27.8. The van der Waals surface area contributed by atoms with Crippen molar-refractivity contribution in [3.8, 4) is 11.5 Å². The Hall–Kier alpha value is -4.45.